The standard InChI is InChI=1S/C15H22O3/c1-9(7-12(16)17)11-8-10-5-4-6-15(2,3)13(10)14(11)18/h5,7,11,13-14,18H,4,6,8H2,1-3H3,(H,16,17)/b9-7+/t11-,13?,14+/m0/s1. The first kappa shape index (κ1) is 13.3. The second kappa shape index (κ2) is 4.54. The summed E-state index contributed by atoms with van der Waals surface area (Å²) in [6, 6.07) is 0. The van der Waals surface area contributed by atoms with Crippen molar-refractivity contribution in [3.05, 3.63) is 23.3 Å². The molecule has 1 saturated carbocycles. The number of hydrogen-bond acceptors (Lipinski definition) is 2. The third-order valence-corrected chi connectivity index (χ3v) is 4.58. The van der Waals surface area contributed by atoms with Gasteiger partial charge in [-0.2, -0.15) is 0 Å². The average Bonchev–Trinajstić information content (AvgIpc) is 2.55. The van der Waals surface area contributed by atoms with Gasteiger partial charge in [-0.25, -0.2) is 4.79 Å². The van der Waals surface area contributed by atoms with Crippen LogP contribution in [0.1, 0.15) is 40.0 Å². The summed E-state index contributed by atoms with van der Waals surface area (Å²) in [6.07, 6.45) is 6.01. The lowest BCUT2D eigenvalue weighted by atomic mass is 9.68. The van der Waals surface area contributed by atoms with Gasteiger partial charge in [-0.3, -0.25) is 0 Å². The van der Waals surface area contributed by atoms with E-state index in [0.29, 0.717) is 0 Å². The van der Waals surface area contributed by atoms with E-state index < -0.39 is 12.1 Å². The quantitative estimate of drug-likeness (QED) is 0.585. The number of hydrogen-bond donors (Lipinski definition) is 2. The fourth-order valence-corrected chi connectivity index (χ4v) is 3.64. The van der Waals surface area contributed by atoms with Gasteiger partial charge in [0.25, 0.3) is 0 Å². The van der Waals surface area contributed by atoms with Crippen LogP contribution in [-0.2, 0) is 4.79 Å². The van der Waals surface area contributed by atoms with Crippen molar-refractivity contribution in [2.45, 2.75) is 46.1 Å². The molecule has 0 bridgehead atoms. The van der Waals surface area contributed by atoms with Gasteiger partial charge in [-0.15, -0.1) is 0 Å². The van der Waals surface area contributed by atoms with Crippen molar-refractivity contribution < 1.29 is 15.0 Å². The summed E-state index contributed by atoms with van der Waals surface area (Å²) in [5.41, 5.74) is 2.21. The molecule has 0 aromatic carbocycles. The molecule has 2 aliphatic carbocycles. The summed E-state index contributed by atoms with van der Waals surface area (Å²) in [4.78, 5) is 10.7. The average molecular weight is 250 g/mol. The maximum atomic E-state index is 10.7. The van der Waals surface area contributed by atoms with Crippen molar-refractivity contribution in [3.8, 4) is 0 Å². The molecule has 0 aliphatic heterocycles. The van der Waals surface area contributed by atoms with E-state index in [0.717, 1.165) is 24.8 Å². The van der Waals surface area contributed by atoms with E-state index in [9.17, 15) is 9.90 Å². The molecule has 0 aromatic heterocycles. The van der Waals surface area contributed by atoms with Crippen LogP contribution in [0.15, 0.2) is 23.3 Å². The summed E-state index contributed by atoms with van der Waals surface area (Å²) < 4.78 is 0. The van der Waals surface area contributed by atoms with Gasteiger partial charge in [0.05, 0.1) is 6.10 Å². The number of aliphatic hydroxyl groups excluding tert-OH is 1. The number of rotatable bonds is 2. The molecule has 1 unspecified atom stereocenters. The zero-order valence-electron chi connectivity index (χ0n) is 11.3. The molecule has 2 rings (SSSR count). The number of aliphatic hydroxyl groups is 1. The van der Waals surface area contributed by atoms with E-state index in [1.54, 1.807) is 0 Å². The van der Waals surface area contributed by atoms with Crippen LogP contribution in [0.2, 0.25) is 0 Å². The monoisotopic (exact) mass is 250 g/mol. The molecule has 2 aliphatic rings. The van der Waals surface area contributed by atoms with Crippen LogP contribution in [0.4, 0.5) is 0 Å². The summed E-state index contributed by atoms with van der Waals surface area (Å²) in [5, 5.41) is 19.3. The third kappa shape index (κ3) is 2.24. The van der Waals surface area contributed by atoms with Gasteiger partial charge in [0.1, 0.15) is 0 Å². The molecule has 0 amide bonds. The number of allylic oxidation sites excluding steroid dienone is 1. The van der Waals surface area contributed by atoms with Crippen molar-refractivity contribution in [2.75, 3.05) is 0 Å². The highest BCUT2D eigenvalue weighted by atomic mass is 16.4. The molecule has 0 saturated heterocycles. The SMILES string of the molecule is C/C(=C\C(=O)O)[C@@H]1CC2=CCCC(C)(C)C2[C@@H]1O. The molecule has 18 heavy (non-hydrogen) atoms. The molecular formula is C15H22O3. The minimum atomic E-state index is -0.928. The normalized spacial score (nSPS) is 35.0. The Balaban J connectivity index is 2.28. The minimum absolute atomic E-state index is 0.0327. The smallest absolute Gasteiger partial charge is 0.328 e. The Morgan fingerprint density at radius 3 is 2.72 bits per heavy atom. The summed E-state index contributed by atoms with van der Waals surface area (Å²) in [7, 11) is 0. The van der Waals surface area contributed by atoms with Crippen LogP contribution in [0, 0.1) is 17.3 Å². The molecule has 3 atom stereocenters. The highest BCUT2D eigenvalue weighted by molar-refractivity contribution is 5.80. The first-order valence-corrected chi connectivity index (χ1v) is 6.61. The molecule has 3 heteroatoms. The second-order valence-electron chi connectivity index (χ2n) is 6.31. The Bertz CT molecular complexity index is 417. The highest BCUT2D eigenvalue weighted by Crippen LogP contribution is 2.52. The third-order valence-electron chi connectivity index (χ3n) is 4.58. The highest BCUT2D eigenvalue weighted by Gasteiger charge is 2.47. The van der Waals surface area contributed by atoms with Gasteiger partial charge in [0.2, 0.25) is 0 Å². The van der Waals surface area contributed by atoms with Crippen LogP contribution in [-0.4, -0.2) is 22.3 Å². The predicted molar refractivity (Wildman–Crippen MR) is 70.1 cm³/mol. The Kier molecular flexibility index (Phi) is 3.37. The van der Waals surface area contributed by atoms with E-state index in [4.69, 9.17) is 5.11 Å². The molecule has 2 N–H and O–H groups in total. The lowest BCUT2D eigenvalue weighted by molar-refractivity contribution is -0.131. The number of carboxylic acid groups (broad SMARTS) is 1. The molecule has 0 radical (unpaired) electrons. The van der Waals surface area contributed by atoms with Crippen LogP contribution in [0.5, 0.6) is 0 Å². The Labute approximate surface area is 108 Å². The van der Waals surface area contributed by atoms with Crippen LogP contribution in [0.25, 0.3) is 0 Å². The predicted octanol–water partition coefficient (Wildman–Crippen LogP) is 2.76. The van der Waals surface area contributed by atoms with Crippen molar-refractivity contribution in [3.63, 3.8) is 0 Å². The first-order chi connectivity index (χ1) is 8.33. The number of carbonyl (C=O) groups is 1. The van der Waals surface area contributed by atoms with Crippen molar-refractivity contribution in [2.24, 2.45) is 17.3 Å². The molecule has 0 aromatic rings. The number of aliphatic carboxylic acids is 1. The summed E-state index contributed by atoms with van der Waals surface area (Å²) >= 11 is 0. The lowest BCUT2D eigenvalue weighted by Crippen LogP contribution is -2.35. The van der Waals surface area contributed by atoms with Gasteiger partial charge in [0.15, 0.2) is 0 Å². The molecule has 0 heterocycles. The van der Waals surface area contributed by atoms with Gasteiger partial charge in [-0.05, 0) is 31.6 Å². The molecule has 100 valence electrons. The Morgan fingerprint density at radius 2 is 2.17 bits per heavy atom. The Hall–Kier alpha value is -1.09. The molecule has 1 fully saturated rings. The van der Waals surface area contributed by atoms with Crippen LogP contribution < -0.4 is 0 Å². The number of carboxylic acids is 1. The minimum Gasteiger partial charge on any atom is -0.478 e. The topological polar surface area (TPSA) is 57.5 Å². The second-order valence-corrected chi connectivity index (χ2v) is 6.31. The molecule has 0 spiro atoms. The van der Waals surface area contributed by atoms with Crippen molar-refractivity contribution >= 4 is 5.97 Å². The maximum absolute atomic E-state index is 10.7. The number of fused-ring (bicyclic) bond motifs is 1. The van der Waals surface area contributed by atoms with Crippen molar-refractivity contribution in [1.82, 2.24) is 0 Å². The van der Waals surface area contributed by atoms with Gasteiger partial charge < -0.3 is 10.2 Å². The Morgan fingerprint density at radius 1 is 1.50 bits per heavy atom. The van der Waals surface area contributed by atoms with Gasteiger partial charge >= 0.3 is 5.97 Å². The fraction of sp³-hybridized carbons (Fsp3) is 0.667. The molecule has 3 nitrogen and oxygen atoms in total. The van der Waals surface area contributed by atoms with E-state index in [1.807, 2.05) is 6.92 Å². The lowest BCUT2D eigenvalue weighted by Gasteiger charge is -2.38. The fourth-order valence-electron chi connectivity index (χ4n) is 3.64. The largest absolute Gasteiger partial charge is 0.478 e. The zero-order chi connectivity index (χ0) is 13.5. The summed E-state index contributed by atoms with van der Waals surface area (Å²) in [6.45, 7) is 6.21. The van der Waals surface area contributed by atoms with Crippen LogP contribution in [0.3, 0.4) is 0 Å². The zero-order valence-corrected chi connectivity index (χ0v) is 11.3. The molecular weight excluding hydrogens is 228 g/mol. The maximum Gasteiger partial charge on any atom is 0.328 e. The van der Waals surface area contributed by atoms with E-state index in [2.05, 4.69) is 19.9 Å². The van der Waals surface area contributed by atoms with E-state index >= 15 is 0 Å². The van der Waals surface area contributed by atoms with Crippen LogP contribution >= 0.6 is 0 Å². The van der Waals surface area contributed by atoms with Crippen molar-refractivity contribution in [1.29, 1.82) is 0 Å². The van der Waals surface area contributed by atoms with E-state index in [-0.39, 0.29) is 17.3 Å². The summed E-state index contributed by atoms with van der Waals surface area (Å²) in [5.74, 6) is -0.772. The van der Waals surface area contributed by atoms with Gasteiger partial charge in [-0.1, -0.05) is 31.1 Å². The van der Waals surface area contributed by atoms with E-state index in [1.165, 1.54) is 11.6 Å². The van der Waals surface area contributed by atoms with Gasteiger partial charge in [0, 0.05) is 17.9 Å². The first-order valence-electron chi connectivity index (χ1n) is 6.61.